The van der Waals surface area contributed by atoms with Crippen LogP contribution in [0.5, 0.6) is 5.75 Å². The van der Waals surface area contributed by atoms with Crippen LogP contribution in [0.2, 0.25) is 0 Å². The van der Waals surface area contributed by atoms with Gasteiger partial charge in [0.05, 0.1) is 5.56 Å². The van der Waals surface area contributed by atoms with Gasteiger partial charge in [-0.1, -0.05) is 17.3 Å². The molecule has 0 amide bonds. The molecule has 0 bridgehead atoms. The summed E-state index contributed by atoms with van der Waals surface area (Å²) in [5.41, 5.74) is 0.414. The second kappa shape index (κ2) is 3.53. The molecular formula is C10H8N2O3. The van der Waals surface area contributed by atoms with E-state index in [1.807, 2.05) is 0 Å². The minimum Gasteiger partial charge on any atom is -0.507 e. The van der Waals surface area contributed by atoms with Crippen LogP contribution in [0, 0.1) is 0 Å². The molecule has 15 heavy (non-hydrogen) atoms. The molecule has 0 atom stereocenters. The molecule has 5 heteroatoms. The molecule has 0 saturated heterocycles. The molecule has 0 saturated carbocycles. The van der Waals surface area contributed by atoms with Crippen molar-refractivity contribution in [1.29, 1.82) is 0 Å². The van der Waals surface area contributed by atoms with Gasteiger partial charge in [-0.05, 0) is 12.1 Å². The molecule has 0 fully saturated rings. The first kappa shape index (κ1) is 9.39. The normalized spacial score (nSPS) is 10.2. The predicted octanol–water partition coefficient (Wildman–Crippen LogP) is 1.64. The molecule has 5 nitrogen and oxygen atoms in total. The van der Waals surface area contributed by atoms with Gasteiger partial charge in [0.1, 0.15) is 5.75 Å². The number of hydrogen-bond acceptors (Lipinski definition) is 5. The number of aromatic hydroxyl groups is 1. The van der Waals surface area contributed by atoms with E-state index in [0.717, 1.165) is 0 Å². The Hall–Kier alpha value is -2.17. The Morgan fingerprint density at radius 3 is 2.73 bits per heavy atom. The van der Waals surface area contributed by atoms with Gasteiger partial charge in [-0.3, -0.25) is 4.79 Å². The molecule has 0 aliphatic rings. The largest absolute Gasteiger partial charge is 0.507 e. The van der Waals surface area contributed by atoms with Crippen molar-refractivity contribution >= 4 is 5.78 Å². The van der Waals surface area contributed by atoms with Gasteiger partial charge >= 0.3 is 0 Å². The van der Waals surface area contributed by atoms with Crippen LogP contribution in [-0.2, 0) is 0 Å². The molecule has 1 aromatic carbocycles. The highest BCUT2D eigenvalue weighted by Crippen LogP contribution is 2.26. The van der Waals surface area contributed by atoms with Crippen LogP contribution < -0.4 is 0 Å². The number of phenolic OH excluding ortho intramolecular Hbond substituents is 1. The van der Waals surface area contributed by atoms with Crippen LogP contribution in [0.15, 0.2) is 28.8 Å². The summed E-state index contributed by atoms with van der Waals surface area (Å²) in [5, 5.41) is 13.0. The predicted molar refractivity (Wildman–Crippen MR) is 51.4 cm³/mol. The van der Waals surface area contributed by atoms with E-state index in [9.17, 15) is 9.90 Å². The number of benzene rings is 1. The third kappa shape index (κ3) is 1.71. The van der Waals surface area contributed by atoms with Crippen molar-refractivity contribution in [2.24, 2.45) is 0 Å². The van der Waals surface area contributed by atoms with Crippen LogP contribution in [-0.4, -0.2) is 21.0 Å². The molecule has 0 aliphatic carbocycles. The van der Waals surface area contributed by atoms with Gasteiger partial charge in [-0.25, -0.2) is 0 Å². The van der Waals surface area contributed by atoms with Crippen LogP contribution in [0.3, 0.4) is 0 Å². The van der Waals surface area contributed by atoms with Crippen molar-refractivity contribution in [3.05, 3.63) is 30.1 Å². The summed E-state index contributed by atoms with van der Waals surface area (Å²) in [5.74, 6) is -0.0942. The topological polar surface area (TPSA) is 76.2 Å². The minimum atomic E-state index is -0.277. The third-order valence-electron chi connectivity index (χ3n) is 1.88. The molecule has 0 unspecified atom stereocenters. The lowest BCUT2D eigenvalue weighted by atomic mass is 10.2. The number of carbonyl (C=O) groups excluding carboxylic acids is 1. The molecule has 2 rings (SSSR count). The van der Waals surface area contributed by atoms with E-state index in [-0.39, 0.29) is 23.2 Å². The summed E-state index contributed by atoms with van der Waals surface area (Å²) in [6, 6.07) is 6.55. The van der Waals surface area contributed by atoms with Gasteiger partial charge in [-0.15, -0.1) is 0 Å². The van der Waals surface area contributed by atoms with Crippen molar-refractivity contribution in [1.82, 2.24) is 10.1 Å². The molecule has 1 heterocycles. The fraction of sp³-hybridized carbons (Fsp3) is 0.100. The fourth-order valence-corrected chi connectivity index (χ4v) is 1.13. The van der Waals surface area contributed by atoms with Gasteiger partial charge < -0.3 is 9.63 Å². The summed E-state index contributed by atoms with van der Waals surface area (Å²) < 4.78 is 4.85. The SMILES string of the molecule is CC(=O)c1noc(-c2ccccc2O)n1. The first-order valence-corrected chi connectivity index (χ1v) is 4.31. The van der Waals surface area contributed by atoms with Gasteiger partial charge in [0.15, 0.2) is 0 Å². The lowest BCUT2D eigenvalue weighted by molar-refractivity contribution is 0.100. The van der Waals surface area contributed by atoms with Crippen molar-refractivity contribution in [3.63, 3.8) is 0 Å². The maximum absolute atomic E-state index is 10.9. The van der Waals surface area contributed by atoms with Crippen molar-refractivity contribution in [2.45, 2.75) is 6.92 Å². The molecule has 0 aliphatic heterocycles. The minimum absolute atomic E-state index is 0.00764. The van der Waals surface area contributed by atoms with Crippen LogP contribution in [0.1, 0.15) is 17.5 Å². The quantitative estimate of drug-likeness (QED) is 0.752. The van der Waals surface area contributed by atoms with Crippen molar-refractivity contribution < 1.29 is 14.4 Å². The second-order valence-corrected chi connectivity index (χ2v) is 3.00. The summed E-state index contributed by atoms with van der Waals surface area (Å²) >= 11 is 0. The molecule has 0 radical (unpaired) electrons. The van der Waals surface area contributed by atoms with E-state index in [4.69, 9.17) is 4.52 Å². The highest BCUT2D eigenvalue weighted by molar-refractivity contribution is 5.90. The maximum Gasteiger partial charge on any atom is 0.262 e. The number of para-hydroxylation sites is 1. The number of carbonyl (C=O) groups is 1. The molecule has 0 spiro atoms. The first-order chi connectivity index (χ1) is 7.18. The first-order valence-electron chi connectivity index (χ1n) is 4.31. The Labute approximate surface area is 85.4 Å². The van der Waals surface area contributed by atoms with E-state index in [1.165, 1.54) is 13.0 Å². The van der Waals surface area contributed by atoms with Gasteiger partial charge in [0.2, 0.25) is 11.6 Å². The highest BCUT2D eigenvalue weighted by Gasteiger charge is 2.14. The number of rotatable bonds is 2. The van der Waals surface area contributed by atoms with Crippen molar-refractivity contribution in [2.75, 3.05) is 0 Å². The molecule has 1 aromatic heterocycles. The zero-order valence-corrected chi connectivity index (χ0v) is 7.97. The lowest BCUT2D eigenvalue weighted by Gasteiger charge is -1.96. The van der Waals surface area contributed by atoms with Crippen LogP contribution >= 0.6 is 0 Å². The average molecular weight is 204 g/mol. The van der Waals surface area contributed by atoms with Gasteiger partial charge in [-0.2, -0.15) is 4.98 Å². The standard InChI is InChI=1S/C10H8N2O3/c1-6(13)9-11-10(15-12-9)7-4-2-3-5-8(7)14/h2-5,14H,1H3. The van der Waals surface area contributed by atoms with E-state index < -0.39 is 0 Å². The van der Waals surface area contributed by atoms with E-state index in [0.29, 0.717) is 5.56 Å². The number of nitrogens with zero attached hydrogens (tertiary/aromatic N) is 2. The van der Waals surface area contributed by atoms with E-state index >= 15 is 0 Å². The summed E-state index contributed by atoms with van der Waals surface area (Å²) in [4.78, 5) is 14.8. The molecule has 2 aromatic rings. The van der Waals surface area contributed by atoms with Crippen LogP contribution in [0.4, 0.5) is 0 Å². The third-order valence-corrected chi connectivity index (χ3v) is 1.88. The van der Waals surface area contributed by atoms with Gasteiger partial charge in [0, 0.05) is 6.92 Å². The highest BCUT2D eigenvalue weighted by atomic mass is 16.5. The number of hydrogen-bond donors (Lipinski definition) is 1. The summed E-state index contributed by atoms with van der Waals surface area (Å²) in [6.45, 7) is 1.35. The number of phenols is 1. The lowest BCUT2D eigenvalue weighted by Crippen LogP contribution is -1.93. The zero-order chi connectivity index (χ0) is 10.8. The average Bonchev–Trinajstić information content (AvgIpc) is 2.67. The monoisotopic (exact) mass is 204 g/mol. The maximum atomic E-state index is 10.9. The Bertz CT molecular complexity index is 505. The Morgan fingerprint density at radius 1 is 1.40 bits per heavy atom. The van der Waals surface area contributed by atoms with Crippen molar-refractivity contribution in [3.8, 4) is 17.2 Å². The number of aromatic nitrogens is 2. The Balaban J connectivity index is 2.46. The van der Waals surface area contributed by atoms with E-state index in [2.05, 4.69) is 10.1 Å². The van der Waals surface area contributed by atoms with Crippen LogP contribution in [0.25, 0.3) is 11.5 Å². The second-order valence-electron chi connectivity index (χ2n) is 3.00. The van der Waals surface area contributed by atoms with E-state index in [1.54, 1.807) is 18.2 Å². The smallest absolute Gasteiger partial charge is 0.262 e. The number of Topliss-reactive ketones (excluding diaryl/α,β-unsaturated/α-hetero) is 1. The van der Waals surface area contributed by atoms with Gasteiger partial charge in [0.25, 0.3) is 5.89 Å². The summed E-state index contributed by atoms with van der Waals surface area (Å²) in [7, 11) is 0. The Morgan fingerprint density at radius 2 is 2.13 bits per heavy atom. The number of ketones is 1. The molecule has 76 valence electrons. The fourth-order valence-electron chi connectivity index (χ4n) is 1.13. The summed E-state index contributed by atoms with van der Waals surface area (Å²) in [6.07, 6.45) is 0. The zero-order valence-electron chi connectivity index (χ0n) is 7.97. The molecular weight excluding hydrogens is 196 g/mol. The molecule has 1 N–H and O–H groups in total. The Kier molecular flexibility index (Phi) is 2.21.